The van der Waals surface area contributed by atoms with E-state index in [-0.39, 0.29) is 17.1 Å². The van der Waals surface area contributed by atoms with E-state index in [1.165, 1.54) is 11.8 Å². The lowest BCUT2D eigenvalue weighted by Gasteiger charge is -2.15. The normalized spacial score (nSPS) is 11.0. The standard InChI is InChI=1S/C24H19BrN2O2S/c1-15-7-8-16(2)21(13-15)27-23(29)19-5-3-4-6-20(19)26-24(27)30-14-22(28)17-9-11-18(25)12-10-17/h3-13H,14H2,1-2H3. The van der Waals surface area contributed by atoms with E-state index < -0.39 is 0 Å². The Kier molecular flexibility index (Phi) is 5.88. The lowest BCUT2D eigenvalue weighted by atomic mass is 10.1. The second-order valence-corrected chi connectivity index (χ2v) is 8.92. The summed E-state index contributed by atoms with van der Waals surface area (Å²) in [6.45, 7) is 3.96. The molecule has 6 heteroatoms. The fourth-order valence-corrected chi connectivity index (χ4v) is 4.40. The van der Waals surface area contributed by atoms with E-state index in [1.54, 1.807) is 22.8 Å². The van der Waals surface area contributed by atoms with Gasteiger partial charge in [-0.15, -0.1) is 0 Å². The van der Waals surface area contributed by atoms with Crippen molar-refractivity contribution in [3.05, 3.63) is 98.2 Å². The van der Waals surface area contributed by atoms with Crippen molar-refractivity contribution in [1.82, 2.24) is 9.55 Å². The number of aromatic nitrogens is 2. The molecule has 0 saturated carbocycles. The van der Waals surface area contributed by atoms with Crippen LogP contribution in [0, 0.1) is 13.8 Å². The molecule has 4 nitrogen and oxygen atoms in total. The molecule has 3 aromatic carbocycles. The minimum Gasteiger partial charge on any atom is -0.293 e. The molecule has 0 atom stereocenters. The number of carbonyl (C=O) groups excluding carboxylic acids is 1. The first-order chi connectivity index (χ1) is 14.4. The second kappa shape index (κ2) is 8.58. The molecule has 4 rings (SSSR count). The molecular weight excluding hydrogens is 460 g/mol. The van der Waals surface area contributed by atoms with Gasteiger partial charge >= 0.3 is 0 Å². The van der Waals surface area contributed by atoms with Gasteiger partial charge in [-0.25, -0.2) is 4.98 Å². The predicted molar refractivity (Wildman–Crippen MR) is 126 cm³/mol. The smallest absolute Gasteiger partial charge is 0.266 e. The summed E-state index contributed by atoms with van der Waals surface area (Å²) in [5.41, 5.74) is 3.94. The van der Waals surface area contributed by atoms with Gasteiger partial charge in [0.2, 0.25) is 0 Å². The van der Waals surface area contributed by atoms with Gasteiger partial charge in [0.25, 0.3) is 5.56 Å². The van der Waals surface area contributed by atoms with Gasteiger partial charge in [-0.2, -0.15) is 0 Å². The molecule has 1 aromatic heterocycles. The maximum Gasteiger partial charge on any atom is 0.266 e. The van der Waals surface area contributed by atoms with E-state index in [9.17, 15) is 9.59 Å². The number of thioether (sulfide) groups is 1. The fourth-order valence-electron chi connectivity index (χ4n) is 3.23. The Bertz CT molecular complexity index is 1310. The highest BCUT2D eigenvalue weighted by atomic mass is 79.9. The first-order valence-corrected chi connectivity index (χ1v) is 11.2. The number of fused-ring (bicyclic) bond motifs is 1. The molecule has 150 valence electrons. The summed E-state index contributed by atoms with van der Waals surface area (Å²) in [6, 6.07) is 20.6. The molecule has 4 aromatic rings. The lowest BCUT2D eigenvalue weighted by molar-refractivity contribution is 0.102. The zero-order valence-corrected chi connectivity index (χ0v) is 19.0. The number of halogens is 1. The lowest BCUT2D eigenvalue weighted by Crippen LogP contribution is -2.23. The first kappa shape index (κ1) is 20.6. The predicted octanol–water partition coefficient (Wildman–Crippen LogP) is 5.74. The van der Waals surface area contributed by atoms with Crippen LogP contribution >= 0.6 is 27.7 Å². The summed E-state index contributed by atoms with van der Waals surface area (Å²) in [4.78, 5) is 30.8. The number of para-hydroxylation sites is 1. The van der Waals surface area contributed by atoms with Gasteiger partial charge < -0.3 is 0 Å². The van der Waals surface area contributed by atoms with Crippen LogP contribution in [0.1, 0.15) is 21.5 Å². The van der Waals surface area contributed by atoms with E-state index in [4.69, 9.17) is 4.98 Å². The van der Waals surface area contributed by atoms with Crippen LogP contribution in [0.15, 0.2) is 81.2 Å². The molecule has 0 saturated heterocycles. The molecule has 0 fully saturated rings. The van der Waals surface area contributed by atoms with Crippen LogP contribution in [0.4, 0.5) is 0 Å². The topological polar surface area (TPSA) is 52.0 Å². The minimum atomic E-state index is -0.132. The second-order valence-electron chi connectivity index (χ2n) is 7.06. The minimum absolute atomic E-state index is 0.0116. The summed E-state index contributed by atoms with van der Waals surface area (Å²) < 4.78 is 2.55. The fraction of sp³-hybridized carbons (Fsp3) is 0.125. The van der Waals surface area contributed by atoms with Crippen molar-refractivity contribution >= 4 is 44.4 Å². The van der Waals surface area contributed by atoms with Gasteiger partial charge in [-0.05, 0) is 55.3 Å². The SMILES string of the molecule is Cc1ccc(C)c(-n2c(SCC(=O)c3ccc(Br)cc3)nc3ccccc3c2=O)c1. The largest absolute Gasteiger partial charge is 0.293 e. The van der Waals surface area contributed by atoms with Crippen molar-refractivity contribution in [2.75, 3.05) is 5.75 Å². The third-order valence-corrected chi connectivity index (χ3v) is 6.32. The van der Waals surface area contributed by atoms with E-state index >= 15 is 0 Å². The molecular formula is C24H19BrN2O2S. The molecule has 0 unspecified atom stereocenters. The molecule has 0 amide bonds. The molecule has 0 aliphatic rings. The molecule has 0 radical (unpaired) electrons. The summed E-state index contributed by atoms with van der Waals surface area (Å²) in [7, 11) is 0. The number of nitrogens with zero attached hydrogens (tertiary/aromatic N) is 2. The first-order valence-electron chi connectivity index (χ1n) is 9.45. The van der Waals surface area contributed by atoms with Gasteiger partial charge in [0.15, 0.2) is 10.9 Å². The van der Waals surface area contributed by atoms with Crippen LogP contribution in [0.25, 0.3) is 16.6 Å². The molecule has 0 N–H and O–H groups in total. The van der Waals surface area contributed by atoms with Crippen molar-refractivity contribution in [3.8, 4) is 5.69 Å². The number of rotatable bonds is 5. The zero-order valence-electron chi connectivity index (χ0n) is 16.6. The third kappa shape index (κ3) is 4.11. The van der Waals surface area contributed by atoms with E-state index in [2.05, 4.69) is 15.9 Å². The van der Waals surface area contributed by atoms with E-state index in [0.29, 0.717) is 21.6 Å². The van der Waals surface area contributed by atoms with Gasteiger partial charge in [0.05, 0.1) is 22.3 Å². The number of ketones is 1. The molecule has 1 heterocycles. The van der Waals surface area contributed by atoms with Gasteiger partial charge in [-0.1, -0.05) is 64.1 Å². The van der Waals surface area contributed by atoms with Crippen molar-refractivity contribution in [3.63, 3.8) is 0 Å². The highest BCUT2D eigenvalue weighted by Gasteiger charge is 2.17. The molecule has 0 spiro atoms. The average molecular weight is 479 g/mol. The van der Waals surface area contributed by atoms with Crippen molar-refractivity contribution in [2.24, 2.45) is 0 Å². The van der Waals surface area contributed by atoms with Gasteiger partial charge in [0.1, 0.15) is 0 Å². The van der Waals surface area contributed by atoms with Crippen LogP contribution in [0.5, 0.6) is 0 Å². The number of Topliss-reactive ketones (excluding diaryl/α,β-unsaturated/α-hetero) is 1. The third-order valence-electron chi connectivity index (χ3n) is 4.85. The molecule has 0 aliphatic heterocycles. The Balaban J connectivity index is 1.80. The average Bonchev–Trinajstić information content (AvgIpc) is 2.74. The van der Waals surface area contributed by atoms with Gasteiger partial charge in [0, 0.05) is 10.0 Å². The van der Waals surface area contributed by atoms with Gasteiger partial charge in [-0.3, -0.25) is 14.2 Å². The van der Waals surface area contributed by atoms with Crippen molar-refractivity contribution < 1.29 is 4.79 Å². The number of aryl methyl sites for hydroxylation is 2. The summed E-state index contributed by atoms with van der Waals surface area (Å²) in [5, 5.41) is 1.07. The Morgan fingerprint density at radius 3 is 2.53 bits per heavy atom. The molecule has 30 heavy (non-hydrogen) atoms. The Morgan fingerprint density at radius 1 is 1.03 bits per heavy atom. The van der Waals surface area contributed by atoms with Crippen molar-refractivity contribution in [2.45, 2.75) is 19.0 Å². The molecule has 0 aliphatic carbocycles. The highest BCUT2D eigenvalue weighted by Crippen LogP contribution is 2.25. The maximum absolute atomic E-state index is 13.4. The number of benzene rings is 3. The number of hydrogen-bond acceptors (Lipinski definition) is 4. The number of hydrogen-bond donors (Lipinski definition) is 0. The van der Waals surface area contributed by atoms with Crippen molar-refractivity contribution in [1.29, 1.82) is 0 Å². The highest BCUT2D eigenvalue weighted by molar-refractivity contribution is 9.10. The van der Waals surface area contributed by atoms with Crippen LogP contribution < -0.4 is 5.56 Å². The van der Waals surface area contributed by atoms with Crippen LogP contribution in [-0.4, -0.2) is 21.1 Å². The van der Waals surface area contributed by atoms with Crippen LogP contribution in [-0.2, 0) is 0 Å². The quantitative estimate of drug-likeness (QED) is 0.208. The Hall–Kier alpha value is -2.70. The molecule has 0 bridgehead atoms. The number of carbonyl (C=O) groups is 1. The Morgan fingerprint density at radius 2 is 1.77 bits per heavy atom. The van der Waals surface area contributed by atoms with E-state index in [0.717, 1.165) is 21.3 Å². The monoisotopic (exact) mass is 478 g/mol. The summed E-state index contributed by atoms with van der Waals surface area (Å²) >= 11 is 4.67. The Labute approximate surface area is 187 Å². The van der Waals surface area contributed by atoms with Crippen LogP contribution in [0.3, 0.4) is 0 Å². The summed E-state index contributed by atoms with van der Waals surface area (Å²) in [5.74, 6) is 0.180. The van der Waals surface area contributed by atoms with E-state index in [1.807, 2.05) is 62.4 Å². The maximum atomic E-state index is 13.4. The van der Waals surface area contributed by atoms with Crippen LogP contribution in [0.2, 0.25) is 0 Å². The zero-order chi connectivity index (χ0) is 21.3. The summed E-state index contributed by atoms with van der Waals surface area (Å²) in [6.07, 6.45) is 0.